The Labute approximate surface area is 129 Å². The number of hydrogen-bond donors (Lipinski definition) is 1. The quantitative estimate of drug-likeness (QED) is 0.938. The number of rotatable bonds is 4. The summed E-state index contributed by atoms with van der Waals surface area (Å²) in [6.07, 6.45) is 3.73. The molecule has 1 heterocycles. The first-order valence-corrected chi connectivity index (χ1v) is 8.25. The van der Waals surface area contributed by atoms with Crippen LogP contribution in [0.4, 0.5) is 5.82 Å². The molecule has 0 unspecified atom stereocenters. The van der Waals surface area contributed by atoms with Crippen molar-refractivity contribution in [2.75, 3.05) is 17.3 Å². The van der Waals surface area contributed by atoms with E-state index >= 15 is 0 Å². The molecular formula is C16H21N3OS. The smallest absolute Gasteiger partial charge is 0.235 e. The number of hydrogen-bond acceptors (Lipinski definition) is 3. The van der Waals surface area contributed by atoms with Gasteiger partial charge in [-0.05, 0) is 32.6 Å². The fraction of sp³-hybridized carbons (Fsp3) is 0.375. The molecule has 21 heavy (non-hydrogen) atoms. The highest BCUT2D eigenvalue weighted by Gasteiger charge is 2.22. The summed E-state index contributed by atoms with van der Waals surface area (Å²) in [6.45, 7) is 6.21. The van der Waals surface area contributed by atoms with Gasteiger partial charge in [0.25, 0.3) is 0 Å². The highest BCUT2D eigenvalue weighted by Crippen LogP contribution is 2.31. The lowest BCUT2D eigenvalue weighted by Crippen LogP contribution is -2.27. The van der Waals surface area contributed by atoms with Gasteiger partial charge < -0.3 is 5.32 Å². The zero-order chi connectivity index (χ0) is 15.5. The Bertz CT molecular complexity index is 614. The molecule has 1 N–H and O–H groups in total. The molecule has 4 nitrogen and oxygen atoms in total. The van der Waals surface area contributed by atoms with Gasteiger partial charge >= 0.3 is 0 Å². The molecule has 0 bridgehead atoms. The number of amides is 1. The van der Waals surface area contributed by atoms with Crippen molar-refractivity contribution in [1.82, 2.24) is 9.78 Å². The van der Waals surface area contributed by atoms with Crippen LogP contribution in [0.3, 0.4) is 0 Å². The predicted molar refractivity (Wildman–Crippen MR) is 89.7 cm³/mol. The minimum atomic E-state index is -0.199. The largest absolute Gasteiger partial charge is 0.310 e. The van der Waals surface area contributed by atoms with E-state index in [1.54, 1.807) is 0 Å². The number of nitrogens with zero attached hydrogens (tertiary/aromatic N) is 2. The molecule has 0 atom stereocenters. The summed E-state index contributed by atoms with van der Waals surface area (Å²) in [5, 5.41) is 7.48. The van der Waals surface area contributed by atoms with Gasteiger partial charge in [-0.2, -0.15) is 16.9 Å². The number of thioether (sulfide) groups is 1. The summed E-state index contributed by atoms with van der Waals surface area (Å²) in [4.78, 5) is 12.0. The molecule has 5 heteroatoms. The van der Waals surface area contributed by atoms with Crippen molar-refractivity contribution in [3.05, 3.63) is 36.5 Å². The molecule has 0 fully saturated rings. The Balaban J connectivity index is 2.46. The number of anilines is 1. The molecule has 0 spiro atoms. The average Bonchev–Trinajstić information content (AvgIpc) is 2.83. The van der Waals surface area contributed by atoms with Crippen molar-refractivity contribution in [3.63, 3.8) is 0 Å². The van der Waals surface area contributed by atoms with Crippen LogP contribution in [0.1, 0.15) is 20.8 Å². The fourth-order valence-electron chi connectivity index (χ4n) is 2.11. The van der Waals surface area contributed by atoms with Crippen molar-refractivity contribution in [1.29, 1.82) is 0 Å². The summed E-state index contributed by atoms with van der Waals surface area (Å²) in [5.41, 5.74) is 1.79. The van der Waals surface area contributed by atoms with Crippen LogP contribution in [-0.4, -0.2) is 27.7 Å². The number of carbonyl (C=O) groups is 1. The van der Waals surface area contributed by atoms with Crippen LogP contribution >= 0.6 is 11.8 Å². The van der Waals surface area contributed by atoms with E-state index in [2.05, 4.69) is 31.2 Å². The summed E-state index contributed by atoms with van der Waals surface area (Å²) in [5.74, 6) is 1.18. The average molecular weight is 303 g/mol. The van der Waals surface area contributed by atoms with Crippen molar-refractivity contribution in [2.45, 2.75) is 26.3 Å². The molecule has 2 aromatic rings. The van der Waals surface area contributed by atoms with Crippen LogP contribution in [-0.2, 0) is 10.3 Å². The van der Waals surface area contributed by atoms with Gasteiger partial charge in [0, 0.05) is 5.56 Å². The van der Waals surface area contributed by atoms with Gasteiger partial charge in [-0.1, -0.05) is 30.3 Å². The van der Waals surface area contributed by atoms with E-state index in [0.717, 1.165) is 16.9 Å². The summed E-state index contributed by atoms with van der Waals surface area (Å²) in [6, 6.07) is 9.99. The molecule has 0 saturated carbocycles. The molecule has 112 valence electrons. The molecule has 2 rings (SSSR count). The first-order valence-electron chi connectivity index (χ1n) is 6.86. The van der Waals surface area contributed by atoms with Crippen molar-refractivity contribution in [3.8, 4) is 11.1 Å². The molecule has 0 saturated heterocycles. The van der Waals surface area contributed by atoms with Crippen LogP contribution in [0.5, 0.6) is 0 Å². The number of nitrogens with one attached hydrogen (secondary N) is 1. The number of aromatic nitrogens is 2. The van der Waals surface area contributed by atoms with E-state index in [4.69, 9.17) is 0 Å². The topological polar surface area (TPSA) is 46.9 Å². The summed E-state index contributed by atoms with van der Waals surface area (Å²) in [7, 11) is 0. The van der Waals surface area contributed by atoms with Gasteiger partial charge in [0.05, 0.1) is 17.5 Å². The van der Waals surface area contributed by atoms with Crippen molar-refractivity contribution in [2.24, 2.45) is 0 Å². The fourth-order valence-corrected chi connectivity index (χ4v) is 2.44. The number of benzene rings is 1. The second-order valence-corrected chi connectivity index (χ2v) is 6.70. The zero-order valence-corrected chi connectivity index (χ0v) is 13.7. The maximum atomic E-state index is 12.0. The van der Waals surface area contributed by atoms with Gasteiger partial charge in [0.2, 0.25) is 5.91 Å². The standard InChI is InChI=1S/C16H21N3OS/c1-16(2,3)19-15(18-14(20)11-21-4)13(10-17-19)12-8-6-5-7-9-12/h5-10H,11H2,1-4H3,(H,18,20). The van der Waals surface area contributed by atoms with Crippen LogP contribution in [0.2, 0.25) is 0 Å². The minimum Gasteiger partial charge on any atom is -0.310 e. The van der Waals surface area contributed by atoms with Crippen molar-refractivity contribution < 1.29 is 4.79 Å². The zero-order valence-electron chi connectivity index (χ0n) is 12.9. The Morgan fingerprint density at radius 2 is 1.95 bits per heavy atom. The minimum absolute atomic E-state index is 0.00863. The summed E-state index contributed by atoms with van der Waals surface area (Å²) >= 11 is 1.50. The monoisotopic (exact) mass is 303 g/mol. The third kappa shape index (κ3) is 3.67. The molecule has 1 aromatic heterocycles. The maximum absolute atomic E-state index is 12.0. The van der Waals surface area contributed by atoms with Gasteiger partial charge in [-0.25, -0.2) is 4.68 Å². The second kappa shape index (κ2) is 6.35. The van der Waals surface area contributed by atoms with Crippen LogP contribution in [0.15, 0.2) is 36.5 Å². The lowest BCUT2D eigenvalue weighted by molar-refractivity contribution is -0.113. The van der Waals surface area contributed by atoms with Crippen molar-refractivity contribution >= 4 is 23.5 Å². The summed E-state index contributed by atoms with van der Waals surface area (Å²) < 4.78 is 1.87. The lowest BCUT2D eigenvalue weighted by atomic mass is 10.1. The Hall–Kier alpha value is -1.75. The predicted octanol–water partition coefficient (Wildman–Crippen LogP) is 3.61. The van der Waals surface area contributed by atoms with Crippen LogP contribution in [0.25, 0.3) is 11.1 Å². The second-order valence-electron chi connectivity index (χ2n) is 5.84. The van der Waals surface area contributed by atoms with Gasteiger partial charge in [0.15, 0.2) is 0 Å². The molecule has 1 aromatic carbocycles. The van der Waals surface area contributed by atoms with E-state index in [9.17, 15) is 4.79 Å². The normalized spacial score (nSPS) is 11.4. The molecular weight excluding hydrogens is 282 g/mol. The number of carbonyl (C=O) groups excluding carboxylic acids is 1. The Morgan fingerprint density at radius 3 is 2.52 bits per heavy atom. The highest BCUT2D eigenvalue weighted by molar-refractivity contribution is 7.99. The van der Waals surface area contributed by atoms with E-state index in [-0.39, 0.29) is 11.4 Å². The lowest BCUT2D eigenvalue weighted by Gasteiger charge is -2.23. The van der Waals surface area contributed by atoms with Gasteiger partial charge in [-0.15, -0.1) is 0 Å². The molecule has 0 aliphatic rings. The van der Waals surface area contributed by atoms with Gasteiger partial charge in [-0.3, -0.25) is 4.79 Å². The molecule has 0 aliphatic heterocycles. The third-order valence-corrected chi connectivity index (χ3v) is 3.57. The van der Waals surface area contributed by atoms with Gasteiger partial charge in [0.1, 0.15) is 5.82 Å². The SMILES string of the molecule is CSCC(=O)Nc1c(-c2ccccc2)cnn1C(C)(C)C. The molecule has 0 aliphatic carbocycles. The van der Waals surface area contributed by atoms with E-state index < -0.39 is 0 Å². The third-order valence-electron chi connectivity index (χ3n) is 3.02. The van der Waals surface area contributed by atoms with E-state index in [1.807, 2.05) is 47.5 Å². The van der Waals surface area contributed by atoms with Crippen LogP contribution in [0, 0.1) is 0 Å². The van der Waals surface area contributed by atoms with E-state index in [0.29, 0.717) is 5.75 Å². The van der Waals surface area contributed by atoms with E-state index in [1.165, 1.54) is 11.8 Å². The van der Waals surface area contributed by atoms with Crippen LogP contribution < -0.4 is 5.32 Å². The molecule has 1 amide bonds. The molecule has 0 radical (unpaired) electrons. The Kier molecular flexibility index (Phi) is 4.73. The highest BCUT2D eigenvalue weighted by atomic mass is 32.2. The Morgan fingerprint density at radius 1 is 1.29 bits per heavy atom. The first kappa shape index (κ1) is 15.6. The maximum Gasteiger partial charge on any atom is 0.235 e. The first-order chi connectivity index (χ1) is 9.93.